The van der Waals surface area contributed by atoms with E-state index in [4.69, 9.17) is 9.47 Å². The van der Waals surface area contributed by atoms with E-state index in [2.05, 4.69) is 27.7 Å². The highest BCUT2D eigenvalue weighted by molar-refractivity contribution is 5.67. The second kappa shape index (κ2) is 7.87. The van der Waals surface area contributed by atoms with E-state index in [1.807, 2.05) is 11.8 Å². The molecule has 0 aromatic rings. The summed E-state index contributed by atoms with van der Waals surface area (Å²) in [6.45, 7) is 13.4. The van der Waals surface area contributed by atoms with Gasteiger partial charge in [-0.3, -0.25) is 0 Å². The summed E-state index contributed by atoms with van der Waals surface area (Å²) in [7, 11) is 0. The van der Waals surface area contributed by atoms with Gasteiger partial charge in [0.25, 0.3) is 0 Å². The third-order valence-electron chi connectivity index (χ3n) is 3.83. The molecule has 0 aromatic carbocycles. The van der Waals surface area contributed by atoms with Crippen LogP contribution in [0.25, 0.3) is 0 Å². The minimum atomic E-state index is -0.180. The maximum Gasteiger partial charge on any atom is 0.409 e. The van der Waals surface area contributed by atoms with E-state index in [-0.39, 0.29) is 17.6 Å². The van der Waals surface area contributed by atoms with Crippen LogP contribution in [0, 0.1) is 11.3 Å². The Kier molecular flexibility index (Phi) is 6.80. The van der Waals surface area contributed by atoms with E-state index in [1.165, 1.54) is 0 Å². The van der Waals surface area contributed by atoms with Crippen LogP contribution in [-0.2, 0) is 9.47 Å². The zero-order valence-electron chi connectivity index (χ0n) is 13.8. The predicted octanol–water partition coefficient (Wildman–Crippen LogP) is 3.70. The Balaban J connectivity index is 2.65. The van der Waals surface area contributed by atoms with Gasteiger partial charge in [-0.2, -0.15) is 0 Å². The van der Waals surface area contributed by atoms with Gasteiger partial charge in [-0.15, -0.1) is 0 Å². The maximum absolute atomic E-state index is 12.1. The highest BCUT2D eigenvalue weighted by Crippen LogP contribution is 2.35. The molecule has 0 aliphatic carbocycles. The van der Waals surface area contributed by atoms with Crippen molar-refractivity contribution < 1.29 is 14.3 Å². The first kappa shape index (κ1) is 17.3. The van der Waals surface area contributed by atoms with Crippen molar-refractivity contribution in [1.82, 2.24) is 4.90 Å². The molecule has 4 heteroatoms. The summed E-state index contributed by atoms with van der Waals surface area (Å²) < 4.78 is 11.1. The van der Waals surface area contributed by atoms with Gasteiger partial charge in [0.15, 0.2) is 0 Å². The maximum atomic E-state index is 12.1. The molecule has 4 nitrogen and oxygen atoms in total. The van der Waals surface area contributed by atoms with Crippen LogP contribution < -0.4 is 0 Å². The number of carbonyl (C=O) groups excluding carboxylic acids is 1. The molecule has 20 heavy (non-hydrogen) atoms. The second-order valence-corrected chi connectivity index (χ2v) is 6.70. The first-order valence-electron chi connectivity index (χ1n) is 7.93. The summed E-state index contributed by atoms with van der Waals surface area (Å²) in [5.41, 5.74) is 0.117. The molecule has 1 rings (SSSR count). The van der Waals surface area contributed by atoms with Gasteiger partial charge >= 0.3 is 6.09 Å². The number of nitrogens with zero attached hydrogens (tertiary/aromatic N) is 1. The number of ether oxygens (including phenoxy) is 2. The number of hydrogen-bond donors (Lipinski definition) is 0. The quantitative estimate of drug-likeness (QED) is 0.747. The van der Waals surface area contributed by atoms with Crippen LogP contribution in [0.2, 0.25) is 0 Å². The number of amides is 1. The Morgan fingerprint density at radius 3 is 2.60 bits per heavy atom. The largest absolute Gasteiger partial charge is 0.450 e. The predicted molar refractivity (Wildman–Crippen MR) is 80.8 cm³/mol. The Morgan fingerprint density at radius 2 is 2.05 bits per heavy atom. The minimum Gasteiger partial charge on any atom is -0.450 e. The van der Waals surface area contributed by atoms with E-state index in [0.29, 0.717) is 12.5 Å². The molecule has 0 unspecified atom stereocenters. The van der Waals surface area contributed by atoms with Gasteiger partial charge in [0.05, 0.1) is 12.7 Å². The van der Waals surface area contributed by atoms with Crippen LogP contribution in [0.1, 0.15) is 53.9 Å². The Bertz CT molecular complexity index is 299. The lowest BCUT2D eigenvalue weighted by Gasteiger charge is -2.34. The van der Waals surface area contributed by atoms with Crippen molar-refractivity contribution in [3.63, 3.8) is 0 Å². The molecule has 0 spiro atoms. The highest BCUT2D eigenvalue weighted by Gasteiger charge is 2.38. The lowest BCUT2D eigenvalue weighted by Crippen LogP contribution is -2.42. The van der Waals surface area contributed by atoms with E-state index in [1.54, 1.807) is 0 Å². The van der Waals surface area contributed by atoms with Crippen LogP contribution in [0.4, 0.5) is 4.79 Å². The van der Waals surface area contributed by atoms with Crippen LogP contribution in [0.3, 0.4) is 0 Å². The normalized spacial score (nSPS) is 22.9. The summed E-state index contributed by atoms with van der Waals surface area (Å²) in [6, 6.07) is 0. The number of rotatable bonds is 6. The third kappa shape index (κ3) is 4.97. The Hall–Kier alpha value is -0.770. The van der Waals surface area contributed by atoms with Crippen molar-refractivity contribution in [3.8, 4) is 0 Å². The topological polar surface area (TPSA) is 38.8 Å². The molecular weight excluding hydrogens is 254 g/mol. The zero-order chi connectivity index (χ0) is 15.2. The zero-order valence-corrected chi connectivity index (χ0v) is 13.8. The fraction of sp³-hybridized carbons (Fsp3) is 0.938. The molecule has 1 aliphatic heterocycles. The summed E-state index contributed by atoms with van der Waals surface area (Å²) >= 11 is 0. The first-order chi connectivity index (χ1) is 9.40. The molecule has 1 saturated heterocycles. The molecule has 1 aliphatic rings. The van der Waals surface area contributed by atoms with Gasteiger partial charge in [-0.25, -0.2) is 4.79 Å². The average Bonchev–Trinajstić information content (AvgIpc) is 2.82. The molecule has 2 atom stereocenters. The van der Waals surface area contributed by atoms with Crippen molar-refractivity contribution in [2.24, 2.45) is 11.3 Å². The Labute approximate surface area is 123 Å². The van der Waals surface area contributed by atoms with E-state index in [0.717, 1.165) is 39.0 Å². The molecule has 0 N–H and O–H groups in total. The molecule has 1 heterocycles. The van der Waals surface area contributed by atoms with Crippen molar-refractivity contribution in [3.05, 3.63) is 0 Å². The summed E-state index contributed by atoms with van der Waals surface area (Å²) in [4.78, 5) is 13.9. The van der Waals surface area contributed by atoms with Gasteiger partial charge in [0, 0.05) is 25.6 Å². The molecule has 0 aromatic heterocycles. The van der Waals surface area contributed by atoms with Gasteiger partial charge < -0.3 is 14.4 Å². The van der Waals surface area contributed by atoms with E-state index in [9.17, 15) is 4.79 Å². The van der Waals surface area contributed by atoms with Gasteiger partial charge in [-0.05, 0) is 25.2 Å². The number of unbranched alkanes of at least 4 members (excludes halogenated alkanes) is 1. The molecule has 118 valence electrons. The van der Waals surface area contributed by atoms with Crippen LogP contribution in [0.5, 0.6) is 0 Å². The summed E-state index contributed by atoms with van der Waals surface area (Å²) in [5, 5.41) is 0. The van der Waals surface area contributed by atoms with Gasteiger partial charge in [0.1, 0.15) is 0 Å². The van der Waals surface area contributed by atoms with Crippen molar-refractivity contribution >= 4 is 6.09 Å². The molecule has 1 fully saturated rings. The first-order valence-corrected chi connectivity index (χ1v) is 7.93. The van der Waals surface area contributed by atoms with Crippen LogP contribution >= 0.6 is 0 Å². The summed E-state index contributed by atoms with van der Waals surface area (Å²) in [5.74, 6) is 0.413. The summed E-state index contributed by atoms with van der Waals surface area (Å²) in [6.07, 6.45) is 3.18. The fourth-order valence-corrected chi connectivity index (χ4v) is 2.88. The third-order valence-corrected chi connectivity index (χ3v) is 3.83. The minimum absolute atomic E-state index is 0.117. The molecule has 0 saturated carbocycles. The second-order valence-electron chi connectivity index (χ2n) is 6.70. The lowest BCUT2D eigenvalue weighted by atomic mass is 9.81. The Morgan fingerprint density at radius 1 is 1.35 bits per heavy atom. The van der Waals surface area contributed by atoms with Gasteiger partial charge in [-0.1, -0.05) is 34.1 Å². The van der Waals surface area contributed by atoms with E-state index < -0.39 is 0 Å². The van der Waals surface area contributed by atoms with Crippen molar-refractivity contribution in [2.75, 3.05) is 26.3 Å². The standard InChI is InChI=1S/C16H31NO3/c1-6-8-10-17(15(18)19-7-2)12-13-9-11-20-14(13)16(3,4)5/h13-14H,6-12H2,1-5H3/t13-,14+/m0/s1. The molecule has 1 amide bonds. The lowest BCUT2D eigenvalue weighted by molar-refractivity contribution is -0.000757. The smallest absolute Gasteiger partial charge is 0.409 e. The van der Waals surface area contributed by atoms with Gasteiger partial charge in [0.2, 0.25) is 0 Å². The highest BCUT2D eigenvalue weighted by atomic mass is 16.6. The van der Waals surface area contributed by atoms with Crippen LogP contribution in [0.15, 0.2) is 0 Å². The number of carbonyl (C=O) groups is 1. The SMILES string of the molecule is CCCCN(C[C@@H]1CCO[C@H]1C(C)(C)C)C(=O)OCC. The van der Waals surface area contributed by atoms with Crippen LogP contribution in [-0.4, -0.2) is 43.4 Å². The number of hydrogen-bond acceptors (Lipinski definition) is 3. The molecule has 0 bridgehead atoms. The monoisotopic (exact) mass is 285 g/mol. The van der Waals surface area contributed by atoms with Crippen molar-refractivity contribution in [1.29, 1.82) is 0 Å². The van der Waals surface area contributed by atoms with Crippen molar-refractivity contribution in [2.45, 2.75) is 60.0 Å². The molecular formula is C16H31NO3. The average molecular weight is 285 g/mol. The van der Waals surface area contributed by atoms with E-state index >= 15 is 0 Å². The molecule has 0 radical (unpaired) electrons. The fourth-order valence-electron chi connectivity index (χ4n) is 2.88.